The summed E-state index contributed by atoms with van der Waals surface area (Å²) in [5.74, 6) is 1.05. The van der Waals surface area contributed by atoms with E-state index in [1.165, 1.54) is 0 Å². The Hall–Kier alpha value is -0.220. The minimum atomic E-state index is -0.368. The molecule has 3 N–H and O–H groups in total. The minimum Gasteiger partial charge on any atom is -0.352 e. The van der Waals surface area contributed by atoms with Crippen molar-refractivity contribution in [3.8, 4) is 0 Å². The maximum Gasteiger partial charge on any atom is 0.227 e. The summed E-state index contributed by atoms with van der Waals surface area (Å²) in [7, 11) is 0. The van der Waals surface area contributed by atoms with E-state index in [0.717, 1.165) is 18.6 Å². The summed E-state index contributed by atoms with van der Waals surface area (Å²) in [6.45, 7) is 6.50. The molecule has 0 aliphatic heterocycles. The summed E-state index contributed by atoms with van der Waals surface area (Å²) in [6, 6.07) is 0.219. The van der Waals surface area contributed by atoms with Gasteiger partial charge in [-0.1, -0.05) is 13.8 Å². The molecule has 1 amide bonds. The number of nitrogens with two attached hydrogens (primary N) is 1. The smallest absolute Gasteiger partial charge is 0.227 e. The summed E-state index contributed by atoms with van der Waals surface area (Å²) in [5, 5.41) is 3.03. The second kappa shape index (κ2) is 7.12. The first-order valence-electron chi connectivity index (χ1n) is 5.56. The third-order valence-corrected chi connectivity index (χ3v) is 3.85. The molecule has 0 fully saturated rings. The SMILES string of the molecule is CCC(CC)(CN)C(=O)NC(C)CSC. The molecular formula is C11H24N2OS. The Labute approximate surface area is 97.6 Å². The van der Waals surface area contributed by atoms with Gasteiger partial charge in [0.25, 0.3) is 0 Å². The number of hydrogen-bond acceptors (Lipinski definition) is 3. The van der Waals surface area contributed by atoms with Crippen LogP contribution >= 0.6 is 11.8 Å². The Morgan fingerprint density at radius 2 is 2.00 bits per heavy atom. The molecule has 0 aromatic carbocycles. The van der Waals surface area contributed by atoms with E-state index < -0.39 is 0 Å². The van der Waals surface area contributed by atoms with E-state index in [-0.39, 0.29) is 17.4 Å². The van der Waals surface area contributed by atoms with Crippen molar-refractivity contribution in [2.24, 2.45) is 11.1 Å². The second-order valence-corrected chi connectivity index (χ2v) is 4.93. The summed E-state index contributed by atoms with van der Waals surface area (Å²) < 4.78 is 0. The van der Waals surface area contributed by atoms with Crippen molar-refractivity contribution in [2.45, 2.75) is 39.7 Å². The van der Waals surface area contributed by atoms with Gasteiger partial charge >= 0.3 is 0 Å². The Kier molecular flexibility index (Phi) is 7.02. The lowest BCUT2D eigenvalue weighted by atomic mass is 9.81. The molecule has 0 radical (unpaired) electrons. The molecule has 1 unspecified atom stereocenters. The largest absolute Gasteiger partial charge is 0.352 e. The lowest BCUT2D eigenvalue weighted by Crippen LogP contribution is -2.48. The molecule has 0 bridgehead atoms. The number of carbonyl (C=O) groups excluding carboxylic acids is 1. The maximum atomic E-state index is 12.0. The monoisotopic (exact) mass is 232 g/mol. The van der Waals surface area contributed by atoms with Crippen molar-refractivity contribution in [3.05, 3.63) is 0 Å². The number of thioether (sulfide) groups is 1. The Balaban J connectivity index is 4.38. The fourth-order valence-electron chi connectivity index (χ4n) is 1.62. The zero-order valence-corrected chi connectivity index (χ0v) is 11.1. The van der Waals surface area contributed by atoms with Gasteiger partial charge in [0, 0.05) is 18.3 Å². The molecule has 4 heteroatoms. The van der Waals surface area contributed by atoms with Crippen molar-refractivity contribution in [3.63, 3.8) is 0 Å². The summed E-state index contributed by atoms with van der Waals surface area (Å²) in [5.41, 5.74) is 5.34. The van der Waals surface area contributed by atoms with Gasteiger partial charge in [-0.05, 0) is 26.0 Å². The molecule has 0 heterocycles. The topological polar surface area (TPSA) is 55.1 Å². The molecule has 0 aliphatic carbocycles. The van der Waals surface area contributed by atoms with Crippen LogP contribution in [0.15, 0.2) is 0 Å². The van der Waals surface area contributed by atoms with Gasteiger partial charge in [0.15, 0.2) is 0 Å². The van der Waals surface area contributed by atoms with E-state index in [1.54, 1.807) is 11.8 Å². The predicted octanol–water partition coefficient (Wildman–Crippen LogP) is 1.62. The second-order valence-electron chi connectivity index (χ2n) is 4.02. The quantitative estimate of drug-likeness (QED) is 0.701. The number of carbonyl (C=O) groups is 1. The summed E-state index contributed by atoms with van der Waals surface area (Å²) >= 11 is 1.74. The van der Waals surface area contributed by atoms with Crippen molar-refractivity contribution in [1.82, 2.24) is 5.32 Å². The first-order valence-corrected chi connectivity index (χ1v) is 6.95. The number of amides is 1. The molecular weight excluding hydrogens is 208 g/mol. The number of rotatable bonds is 7. The highest BCUT2D eigenvalue weighted by Crippen LogP contribution is 2.25. The van der Waals surface area contributed by atoms with E-state index in [1.807, 2.05) is 27.0 Å². The highest BCUT2D eigenvalue weighted by Gasteiger charge is 2.33. The highest BCUT2D eigenvalue weighted by atomic mass is 32.2. The van der Waals surface area contributed by atoms with Crippen LogP contribution in [0, 0.1) is 5.41 Å². The van der Waals surface area contributed by atoms with E-state index >= 15 is 0 Å². The highest BCUT2D eigenvalue weighted by molar-refractivity contribution is 7.98. The normalized spacial score (nSPS) is 13.7. The summed E-state index contributed by atoms with van der Waals surface area (Å²) in [6.07, 6.45) is 3.65. The first kappa shape index (κ1) is 14.8. The zero-order chi connectivity index (χ0) is 11.9. The fraction of sp³-hybridized carbons (Fsp3) is 0.909. The van der Waals surface area contributed by atoms with Gasteiger partial charge in [0.2, 0.25) is 5.91 Å². The van der Waals surface area contributed by atoms with Gasteiger partial charge in [0.1, 0.15) is 0 Å². The van der Waals surface area contributed by atoms with Crippen LogP contribution in [0.4, 0.5) is 0 Å². The van der Waals surface area contributed by atoms with Crippen LogP contribution in [0.5, 0.6) is 0 Å². The van der Waals surface area contributed by atoms with Crippen molar-refractivity contribution in [1.29, 1.82) is 0 Å². The lowest BCUT2D eigenvalue weighted by molar-refractivity contribution is -0.131. The minimum absolute atomic E-state index is 0.108. The molecule has 1 atom stereocenters. The standard InChI is InChI=1S/C11H24N2OS/c1-5-11(6-2,8-12)10(14)13-9(3)7-15-4/h9H,5-8,12H2,1-4H3,(H,13,14). The predicted molar refractivity (Wildman–Crippen MR) is 68.1 cm³/mol. The Morgan fingerprint density at radius 1 is 1.47 bits per heavy atom. The molecule has 0 aliphatic rings. The van der Waals surface area contributed by atoms with Crippen molar-refractivity contribution in [2.75, 3.05) is 18.6 Å². The van der Waals surface area contributed by atoms with Gasteiger partial charge in [-0.3, -0.25) is 4.79 Å². The first-order chi connectivity index (χ1) is 7.06. The van der Waals surface area contributed by atoms with E-state index in [9.17, 15) is 4.79 Å². The maximum absolute atomic E-state index is 12.0. The van der Waals surface area contributed by atoms with Crippen LogP contribution in [0.1, 0.15) is 33.6 Å². The molecule has 0 saturated heterocycles. The average molecular weight is 232 g/mol. The van der Waals surface area contributed by atoms with Crippen LogP contribution in [-0.2, 0) is 4.79 Å². The molecule has 0 saturated carbocycles. The van der Waals surface area contributed by atoms with Crippen molar-refractivity contribution < 1.29 is 4.79 Å². The molecule has 0 aromatic rings. The molecule has 0 rings (SSSR count). The molecule has 90 valence electrons. The molecule has 15 heavy (non-hydrogen) atoms. The van der Waals surface area contributed by atoms with Crippen molar-refractivity contribution >= 4 is 17.7 Å². The van der Waals surface area contributed by atoms with E-state index in [0.29, 0.717) is 6.54 Å². The van der Waals surface area contributed by atoms with Gasteiger partial charge in [-0.2, -0.15) is 11.8 Å². The molecule has 0 aromatic heterocycles. The van der Waals surface area contributed by atoms with Crippen LogP contribution in [-0.4, -0.2) is 30.5 Å². The Morgan fingerprint density at radius 3 is 2.33 bits per heavy atom. The van der Waals surface area contributed by atoms with Gasteiger partial charge < -0.3 is 11.1 Å². The van der Waals surface area contributed by atoms with Gasteiger partial charge in [-0.25, -0.2) is 0 Å². The number of nitrogens with one attached hydrogen (secondary N) is 1. The van der Waals surface area contributed by atoms with Crippen LogP contribution in [0.2, 0.25) is 0 Å². The molecule has 3 nitrogen and oxygen atoms in total. The number of hydrogen-bond donors (Lipinski definition) is 2. The van der Waals surface area contributed by atoms with Gasteiger partial charge in [-0.15, -0.1) is 0 Å². The van der Waals surface area contributed by atoms with E-state index in [2.05, 4.69) is 5.32 Å². The van der Waals surface area contributed by atoms with E-state index in [4.69, 9.17) is 5.73 Å². The van der Waals surface area contributed by atoms with Gasteiger partial charge in [0.05, 0.1) is 5.41 Å². The Bertz CT molecular complexity index is 185. The third kappa shape index (κ3) is 4.03. The van der Waals surface area contributed by atoms with Crippen LogP contribution in [0.25, 0.3) is 0 Å². The van der Waals surface area contributed by atoms with Crippen LogP contribution < -0.4 is 11.1 Å². The van der Waals surface area contributed by atoms with Crippen LogP contribution in [0.3, 0.4) is 0 Å². The zero-order valence-electron chi connectivity index (χ0n) is 10.3. The average Bonchev–Trinajstić information content (AvgIpc) is 2.21. The molecule has 0 spiro atoms. The fourth-order valence-corrected chi connectivity index (χ4v) is 2.20. The summed E-state index contributed by atoms with van der Waals surface area (Å²) in [4.78, 5) is 12.0. The lowest BCUT2D eigenvalue weighted by Gasteiger charge is -2.30. The third-order valence-electron chi connectivity index (χ3n) is 3.02.